The maximum atomic E-state index is 12.6. The number of nitrogens with zero attached hydrogens (tertiary/aromatic N) is 4. The van der Waals surface area contributed by atoms with Crippen LogP contribution in [0.3, 0.4) is 0 Å². The number of aromatic nitrogens is 4. The van der Waals surface area contributed by atoms with Gasteiger partial charge in [0.05, 0.1) is 18.4 Å². The van der Waals surface area contributed by atoms with Gasteiger partial charge in [-0.3, -0.25) is 4.79 Å². The van der Waals surface area contributed by atoms with Crippen LogP contribution in [0, 0.1) is 0 Å². The molecule has 0 spiro atoms. The van der Waals surface area contributed by atoms with Crippen molar-refractivity contribution in [3.63, 3.8) is 0 Å². The van der Waals surface area contributed by atoms with Crippen LogP contribution in [0.5, 0.6) is 5.75 Å². The Labute approximate surface area is 173 Å². The van der Waals surface area contributed by atoms with Gasteiger partial charge in [0, 0.05) is 0 Å². The maximum Gasteiger partial charge on any atom is 0.230 e. The van der Waals surface area contributed by atoms with E-state index in [1.54, 1.807) is 4.68 Å². The summed E-state index contributed by atoms with van der Waals surface area (Å²) in [6.07, 6.45) is 3.12. The number of benzene rings is 2. The Morgan fingerprint density at radius 2 is 2.07 bits per heavy atom. The van der Waals surface area contributed by atoms with Gasteiger partial charge in [-0.05, 0) is 59.9 Å². The molecule has 0 bridgehead atoms. The van der Waals surface area contributed by atoms with Crippen LogP contribution < -0.4 is 10.1 Å². The summed E-state index contributed by atoms with van der Waals surface area (Å²) < 4.78 is 7.28. The summed E-state index contributed by atoms with van der Waals surface area (Å²) in [6.45, 7) is 2.48. The maximum absolute atomic E-state index is 12.6. The van der Waals surface area contributed by atoms with Gasteiger partial charge in [-0.1, -0.05) is 48.2 Å². The minimum Gasteiger partial charge on any atom is -0.492 e. The number of carbonyl (C=O) groups excluding carboxylic acids is 1. The number of carbonyl (C=O) groups is 1. The van der Waals surface area contributed by atoms with Gasteiger partial charge in [0.1, 0.15) is 11.4 Å². The first-order valence-electron chi connectivity index (χ1n) is 9.77. The van der Waals surface area contributed by atoms with Crippen molar-refractivity contribution in [2.45, 2.75) is 37.4 Å². The minimum absolute atomic E-state index is 0.0238. The molecule has 0 saturated heterocycles. The molecule has 8 heteroatoms. The molecule has 1 heterocycles. The van der Waals surface area contributed by atoms with Crippen molar-refractivity contribution in [1.29, 1.82) is 0 Å². The molecule has 1 N–H and O–H groups in total. The van der Waals surface area contributed by atoms with E-state index in [-0.39, 0.29) is 17.7 Å². The number of rotatable bonds is 7. The first-order valence-corrected chi connectivity index (χ1v) is 10.8. The number of nitrogens with one attached hydrogen (secondary N) is 1. The molecule has 1 amide bonds. The Hall–Kier alpha value is -2.87. The second-order valence-corrected chi connectivity index (χ2v) is 7.72. The van der Waals surface area contributed by atoms with Gasteiger partial charge >= 0.3 is 0 Å². The minimum atomic E-state index is -0.0238. The summed E-state index contributed by atoms with van der Waals surface area (Å²) >= 11 is 1.31. The molecule has 1 aliphatic carbocycles. The second-order valence-electron chi connectivity index (χ2n) is 6.77. The van der Waals surface area contributed by atoms with E-state index in [1.807, 2.05) is 37.3 Å². The Bertz CT molecular complexity index is 990. The van der Waals surface area contributed by atoms with E-state index in [4.69, 9.17) is 4.74 Å². The molecule has 1 atom stereocenters. The highest BCUT2D eigenvalue weighted by Crippen LogP contribution is 2.30. The number of hydrogen-bond donors (Lipinski definition) is 1. The van der Waals surface area contributed by atoms with Crippen molar-refractivity contribution in [2.24, 2.45) is 0 Å². The molecule has 2 aromatic carbocycles. The van der Waals surface area contributed by atoms with Gasteiger partial charge < -0.3 is 10.1 Å². The van der Waals surface area contributed by atoms with Gasteiger partial charge in [0.15, 0.2) is 0 Å². The molecule has 1 aliphatic rings. The molecule has 29 heavy (non-hydrogen) atoms. The fourth-order valence-corrected chi connectivity index (χ4v) is 4.29. The molecule has 0 aliphatic heterocycles. The van der Waals surface area contributed by atoms with Gasteiger partial charge in [-0.25, -0.2) is 0 Å². The summed E-state index contributed by atoms with van der Waals surface area (Å²) in [5.41, 5.74) is 3.31. The molecule has 0 saturated carbocycles. The first kappa shape index (κ1) is 19.4. The number of aryl methyl sites for hydroxylation is 1. The van der Waals surface area contributed by atoms with Crippen LogP contribution in [0.1, 0.15) is 36.9 Å². The third-order valence-corrected chi connectivity index (χ3v) is 5.79. The van der Waals surface area contributed by atoms with E-state index >= 15 is 0 Å². The number of tetrazole rings is 1. The normalized spacial score (nSPS) is 15.6. The van der Waals surface area contributed by atoms with Gasteiger partial charge in [0.2, 0.25) is 11.1 Å². The van der Waals surface area contributed by atoms with Crippen LogP contribution >= 0.6 is 11.8 Å². The van der Waals surface area contributed by atoms with Crippen molar-refractivity contribution in [2.75, 3.05) is 12.4 Å². The summed E-state index contributed by atoms with van der Waals surface area (Å²) in [4.78, 5) is 12.6. The second kappa shape index (κ2) is 9.09. The Morgan fingerprint density at radius 3 is 2.97 bits per heavy atom. The molecule has 0 radical (unpaired) electrons. The standard InChI is InChI=1S/C21H23N5O2S/c1-2-28-19-13-6-5-12-18(19)26-21(23-24-25-26)29-14-20(27)22-17-11-7-9-15-8-3-4-10-16(15)17/h3-6,8,10,12-13,17H,2,7,9,11,14H2,1H3,(H,22,27)/t17-/m1/s1. The number of para-hydroxylation sites is 2. The van der Waals surface area contributed by atoms with Crippen LogP contribution in [0.15, 0.2) is 53.7 Å². The molecule has 1 aromatic heterocycles. The Balaban J connectivity index is 1.42. The van der Waals surface area contributed by atoms with E-state index in [0.717, 1.165) is 24.9 Å². The summed E-state index contributed by atoms with van der Waals surface area (Å²) in [6, 6.07) is 16.0. The van der Waals surface area contributed by atoms with Crippen molar-refractivity contribution >= 4 is 17.7 Å². The van der Waals surface area contributed by atoms with Crippen molar-refractivity contribution in [1.82, 2.24) is 25.5 Å². The van der Waals surface area contributed by atoms with Crippen LogP contribution in [-0.2, 0) is 11.2 Å². The van der Waals surface area contributed by atoms with E-state index in [1.165, 1.54) is 22.9 Å². The lowest BCUT2D eigenvalue weighted by Crippen LogP contribution is -2.32. The van der Waals surface area contributed by atoms with Crippen LogP contribution in [0.25, 0.3) is 5.69 Å². The molecule has 150 valence electrons. The third kappa shape index (κ3) is 4.42. The number of amides is 1. The lowest BCUT2D eigenvalue weighted by atomic mass is 9.88. The lowest BCUT2D eigenvalue weighted by molar-refractivity contribution is -0.119. The molecule has 0 fully saturated rings. The van der Waals surface area contributed by atoms with Crippen LogP contribution in [0.4, 0.5) is 0 Å². The monoisotopic (exact) mass is 409 g/mol. The van der Waals surface area contributed by atoms with Crippen LogP contribution in [-0.4, -0.2) is 38.5 Å². The molecular weight excluding hydrogens is 386 g/mol. The summed E-state index contributed by atoms with van der Waals surface area (Å²) in [5.74, 6) is 0.923. The average molecular weight is 410 g/mol. The highest BCUT2D eigenvalue weighted by Gasteiger charge is 2.22. The highest BCUT2D eigenvalue weighted by atomic mass is 32.2. The third-order valence-electron chi connectivity index (χ3n) is 4.87. The van der Waals surface area contributed by atoms with Gasteiger partial charge in [0.25, 0.3) is 0 Å². The van der Waals surface area contributed by atoms with E-state index in [9.17, 15) is 4.79 Å². The molecule has 4 rings (SSSR count). The van der Waals surface area contributed by atoms with Crippen molar-refractivity contribution < 1.29 is 9.53 Å². The predicted octanol–water partition coefficient (Wildman–Crippen LogP) is 3.35. The van der Waals surface area contributed by atoms with E-state index in [2.05, 4.69) is 39.0 Å². The van der Waals surface area contributed by atoms with E-state index in [0.29, 0.717) is 17.5 Å². The highest BCUT2D eigenvalue weighted by molar-refractivity contribution is 7.99. The molecule has 3 aromatic rings. The Kier molecular flexibility index (Phi) is 6.09. The topological polar surface area (TPSA) is 81.9 Å². The molecule has 7 nitrogen and oxygen atoms in total. The predicted molar refractivity (Wildman–Crippen MR) is 111 cm³/mol. The molecule has 0 unspecified atom stereocenters. The Morgan fingerprint density at radius 1 is 1.24 bits per heavy atom. The fourth-order valence-electron chi connectivity index (χ4n) is 3.60. The average Bonchev–Trinajstić information content (AvgIpc) is 3.22. The first-order chi connectivity index (χ1) is 14.3. The zero-order valence-corrected chi connectivity index (χ0v) is 17.1. The lowest BCUT2D eigenvalue weighted by Gasteiger charge is -2.26. The van der Waals surface area contributed by atoms with Crippen molar-refractivity contribution in [3.8, 4) is 11.4 Å². The summed E-state index contributed by atoms with van der Waals surface area (Å²) in [7, 11) is 0. The number of thioether (sulfide) groups is 1. The van der Waals surface area contributed by atoms with Gasteiger partial charge in [-0.15, -0.1) is 5.10 Å². The van der Waals surface area contributed by atoms with E-state index < -0.39 is 0 Å². The SMILES string of the molecule is CCOc1ccccc1-n1nnnc1SCC(=O)N[C@@H]1CCCc2ccccc21. The number of hydrogen-bond acceptors (Lipinski definition) is 6. The van der Waals surface area contributed by atoms with Crippen LogP contribution in [0.2, 0.25) is 0 Å². The summed E-state index contributed by atoms with van der Waals surface area (Å²) in [5, 5.41) is 15.6. The number of ether oxygens (including phenoxy) is 1. The largest absolute Gasteiger partial charge is 0.492 e. The fraction of sp³-hybridized carbons (Fsp3) is 0.333. The quantitative estimate of drug-likeness (QED) is 0.603. The van der Waals surface area contributed by atoms with Gasteiger partial charge in [-0.2, -0.15) is 4.68 Å². The zero-order valence-electron chi connectivity index (χ0n) is 16.2. The number of fused-ring (bicyclic) bond motifs is 1. The smallest absolute Gasteiger partial charge is 0.230 e. The zero-order chi connectivity index (χ0) is 20.1. The molecular formula is C21H23N5O2S. The van der Waals surface area contributed by atoms with Crippen molar-refractivity contribution in [3.05, 3.63) is 59.7 Å².